The Morgan fingerprint density at radius 3 is 2.73 bits per heavy atom. The summed E-state index contributed by atoms with van der Waals surface area (Å²) >= 11 is 0. The average Bonchev–Trinajstić information content (AvgIpc) is 3.16. The lowest BCUT2D eigenvalue weighted by atomic mass is 10.1. The summed E-state index contributed by atoms with van der Waals surface area (Å²) in [4.78, 5) is 6.36. The summed E-state index contributed by atoms with van der Waals surface area (Å²) in [7, 11) is 0. The van der Waals surface area contributed by atoms with Gasteiger partial charge in [-0.3, -0.25) is 4.99 Å². The van der Waals surface area contributed by atoms with Gasteiger partial charge < -0.3 is 25.0 Å². The van der Waals surface area contributed by atoms with E-state index in [1.165, 1.54) is 12.1 Å². The van der Waals surface area contributed by atoms with Gasteiger partial charge in [0.15, 0.2) is 5.58 Å². The van der Waals surface area contributed by atoms with Crippen LogP contribution in [0.5, 0.6) is 5.75 Å². The number of β-amino-alcohol motifs (C(OH)–C–C–N with tert-alkyl or cyclic N) is 1. The highest BCUT2D eigenvalue weighted by Gasteiger charge is 2.17. The standard InChI is InChI=1S/C21H21FN4O3.ClH/c22-15-3-6-18-20(9-15)29-25-21(18)19-7-8-26(13-24-19)11-16(27)12-28-17-4-1-14(10-23)2-5-17;/h1-9,16,27H,10-13,23H2;1H. The number of aliphatic hydroxyl groups excluding tert-OH is 1. The van der Waals surface area contributed by atoms with Gasteiger partial charge in [-0.05, 0) is 35.9 Å². The van der Waals surface area contributed by atoms with Gasteiger partial charge in [0.1, 0.15) is 36.6 Å². The van der Waals surface area contributed by atoms with Gasteiger partial charge in [-0.15, -0.1) is 12.4 Å². The molecule has 1 atom stereocenters. The Morgan fingerprint density at radius 1 is 1.23 bits per heavy atom. The predicted molar refractivity (Wildman–Crippen MR) is 114 cm³/mol. The van der Waals surface area contributed by atoms with E-state index in [-0.39, 0.29) is 24.8 Å². The monoisotopic (exact) mass is 432 g/mol. The normalized spacial score (nSPS) is 14.4. The highest BCUT2D eigenvalue weighted by molar-refractivity contribution is 6.14. The van der Waals surface area contributed by atoms with Gasteiger partial charge in [-0.1, -0.05) is 17.3 Å². The van der Waals surface area contributed by atoms with Crippen LogP contribution < -0.4 is 10.5 Å². The first kappa shape index (κ1) is 21.8. The molecule has 3 N–H and O–H groups in total. The fraction of sp³-hybridized carbons (Fsp3) is 0.238. The largest absolute Gasteiger partial charge is 0.491 e. The molecule has 1 aliphatic rings. The topological polar surface area (TPSA) is 97.1 Å². The smallest absolute Gasteiger partial charge is 0.170 e. The van der Waals surface area contributed by atoms with Crippen molar-refractivity contribution in [3.05, 3.63) is 71.8 Å². The third kappa shape index (κ3) is 4.96. The minimum atomic E-state index is -0.679. The van der Waals surface area contributed by atoms with Crippen molar-refractivity contribution in [3.8, 4) is 5.75 Å². The van der Waals surface area contributed by atoms with Crippen LogP contribution >= 0.6 is 12.4 Å². The second kappa shape index (κ2) is 9.71. The van der Waals surface area contributed by atoms with Crippen LogP contribution in [0.1, 0.15) is 11.3 Å². The first-order valence-corrected chi connectivity index (χ1v) is 9.24. The first-order valence-electron chi connectivity index (χ1n) is 9.24. The Hall–Kier alpha value is -2.94. The maximum Gasteiger partial charge on any atom is 0.170 e. The van der Waals surface area contributed by atoms with E-state index in [9.17, 15) is 9.50 Å². The highest BCUT2D eigenvalue weighted by atomic mass is 35.5. The number of ether oxygens (including phenoxy) is 1. The number of aliphatic hydroxyl groups is 1. The minimum Gasteiger partial charge on any atom is -0.491 e. The molecule has 2 aromatic carbocycles. The summed E-state index contributed by atoms with van der Waals surface area (Å²) < 4.78 is 24.1. The van der Waals surface area contributed by atoms with E-state index in [1.54, 1.807) is 12.1 Å². The fourth-order valence-electron chi connectivity index (χ4n) is 3.05. The minimum absolute atomic E-state index is 0. The molecule has 30 heavy (non-hydrogen) atoms. The SMILES string of the molecule is Cl.NCc1ccc(OCC(O)CN2C=CC(c3noc4cc(F)ccc34)=NC2)cc1. The predicted octanol–water partition coefficient (Wildman–Crippen LogP) is 2.86. The van der Waals surface area contributed by atoms with E-state index < -0.39 is 6.10 Å². The quantitative estimate of drug-likeness (QED) is 0.596. The molecule has 0 saturated heterocycles. The second-order valence-electron chi connectivity index (χ2n) is 6.76. The van der Waals surface area contributed by atoms with E-state index in [1.807, 2.05) is 35.4 Å². The molecular weight excluding hydrogens is 411 g/mol. The maximum absolute atomic E-state index is 13.3. The zero-order valence-electron chi connectivity index (χ0n) is 16.1. The number of fused-ring (bicyclic) bond motifs is 1. The van der Waals surface area contributed by atoms with Gasteiger partial charge in [-0.2, -0.15) is 0 Å². The Labute approximate surface area is 179 Å². The number of halogens is 2. The number of benzene rings is 2. The summed E-state index contributed by atoms with van der Waals surface area (Å²) in [5.74, 6) is 0.309. The molecule has 7 nitrogen and oxygen atoms in total. The van der Waals surface area contributed by atoms with Crippen LogP contribution in [0.4, 0.5) is 4.39 Å². The van der Waals surface area contributed by atoms with Crippen LogP contribution in [0.25, 0.3) is 11.0 Å². The van der Waals surface area contributed by atoms with Crippen molar-refractivity contribution in [2.45, 2.75) is 12.6 Å². The number of nitrogens with two attached hydrogens (primary N) is 1. The van der Waals surface area contributed by atoms with E-state index in [2.05, 4.69) is 10.1 Å². The number of aromatic nitrogens is 1. The Bertz CT molecular complexity index is 1050. The van der Waals surface area contributed by atoms with Crippen molar-refractivity contribution in [3.63, 3.8) is 0 Å². The van der Waals surface area contributed by atoms with Crippen molar-refractivity contribution in [1.82, 2.24) is 10.1 Å². The molecular formula is C21H22ClFN4O3. The zero-order valence-corrected chi connectivity index (χ0v) is 16.9. The van der Waals surface area contributed by atoms with Crippen LogP contribution in [-0.2, 0) is 6.54 Å². The Kier molecular flexibility index (Phi) is 7.04. The lowest BCUT2D eigenvalue weighted by molar-refractivity contribution is 0.0823. The van der Waals surface area contributed by atoms with E-state index in [4.69, 9.17) is 15.0 Å². The molecule has 9 heteroatoms. The molecule has 4 rings (SSSR count). The number of aliphatic imine (C=N–C) groups is 1. The Morgan fingerprint density at radius 2 is 2.03 bits per heavy atom. The van der Waals surface area contributed by atoms with Gasteiger partial charge >= 0.3 is 0 Å². The maximum atomic E-state index is 13.3. The summed E-state index contributed by atoms with van der Waals surface area (Å²) in [6, 6.07) is 11.7. The number of rotatable bonds is 7. The molecule has 0 saturated carbocycles. The molecule has 0 spiro atoms. The van der Waals surface area contributed by atoms with Crippen molar-refractivity contribution in [2.24, 2.45) is 10.7 Å². The van der Waals surface area contributed by atoms with Gasteiger partial charge in [0.05, 0.1) is 11.1 Å². The summed E-state index contributed by atoms with van der Waals surface area (Å²) in [6.07, 6.45) is 2.95. The van der Waals surface area contributed by atoms with E-state index in [0.717, 1.165) is 5.56 Å². The molecule has 0 amide bonds. The van der Waals surface area contributed by atoms with Gasteiger partial charge in [0.2, 0.25) is 0 Å². The van der Waals surface area contributed by atoms with Crippen LogP contribution in [0, 0.1) is 5.82 Å². The van der Waals surface area contributed by atoms with Crippen molar-refractivity contribution in [1.29, 1.82) is 0 Å². The number of allylic oxidation sites excluding steroid dienone is 1. The molecule has 0 radical (unpaired) electrons. The highest BCUT2D eigenvalue weighted by Crippen LogP contribution is 2.21. The lowest BCUT2D eigenvalue weighted by Gasteiger charge is -2.24. The van der Waals surface area contributed by atoms with Crippen molar-refractivity contribution in [2.75, 3.05) is 19.8 Å². The molecule has 2 heterocycles. The Balaban J connectivity index is 0.00000256. The third-order valence-electron chi connectivity index (χ3n) is 4.59. The van der Waals surface area contributed by atoms with Crippen LogP contribution in [0.15, 0.2) is 64.3 Å². The first-order chi connectivity index (χ1) is 14.1. The number of hydrogen-bond donors (Lipinski definition) is 2. The molecule has 1 unspecified atom stereocenters. The molecule has 0 fully saturated rings. The number of nitrogens with zero attached hydrogens (tertiary/aromatic N) is 3. The van der Waals surface area contributed by atoms with Crippen molar-refractivity contribution >= 4 is 29.1 Å². The second-order valence-corrected chi connectivity index (χ2v) is 6.76. The third-order valence-corrected chi connectivity index (χ3v) is 4.59. The van der Waals surface area contributed by atoms with Gasteiger partial charge in [0, 0.05) is 25.4 Å². The van der Waals surface area contributed by atoms with E-state index >= 15 is 0 Å². The van der Waals surface area contributed by atoms with E-state index in [0.29, 0.717) is 47.9 Å². The van der Waals surface area contributed by atoms with Crippen LogP contribution in [0.2, 0.25) is 0 Å². The average molecular weight is 433 g/mol. The van der Waals surface area contributed by atoms with Crippen molar-refractivity contribution < 1.29 is 18.8 Å². The van der Waals surface area contributed by atoms with Crippen LogP contribution in [0.3, 0.4) is 0 Å². The summed E-state index contributed by atoms with van der Waals surface area (Å²) in [5.41, 5.74) is 8.20. The fourth-order valence-corrected chi connectivity index (χ4v) is 3.05. The van der Waals surface area contributed by atoms with Gasteiger partial charge in [-0.25, -0.2) is 4.39 Å². The number of hydrogen-bond acceptors (Lipinski definition) is 7. The van der Waals surface area contributed by atoms with Gasteiger partial charge in [0.25, 0.3) is 0 Å². The lowest BCUT2D eigenvalue weighted by Crippen LogP contribution is -2.34. The molecule has 0 bridgehead atoms. The zero-order chi connectivity index (χ0) is 20.2. The molecule has 1 aliphatic heterocycles. The summed E-state index contributed by atoms with van der Waals surface area (Å²) in [5, 5.41) is 15.0. The summed E-state index contributed by atoms with van der Waals surface area (Å²) in [6.45, 7) is 1.39. The van der Waals surface area contributed by atoms with Crippen LogP contribution in [-0.4, -0.2) is 46.8 Å². The molecule has 1 aromatic heterocycles. The molecule has 158 valence electrons. The molecule has 0 aliphatic carbocycles. The molecule has 3 aromatic rings.